The van der Waals surface area contributed by atoms with E-state index < -0.39 is 11.2 Å². The van der Waals surface area contributed by atoms with Gasteiger partial charge in [0, 0.05) is 49.3 Å². The summed E-state index contributed by atoms with van der Waals surface area (Å²) >= 11 is 0. The molecule has 0 bridgehead atoms. The molecule has 0 radical (unpaired) electrons. The van der Waals surface area contributed by atoms with Crippen LogP contribution in [0.15, 0.2) is 9.59 Å². The van der Waals surface area contributed by atoms with Gasteiger partial charge in [-0.25, -0.2) is 4.79 Å². The first-order chi connectivity index (χ1) is 12.7. The Morgan fingerprint density at radius 3 is 2.41 bits per heavy atom. The van der Waals surface area contributed by atoms with Crippen LogP contribution in [0.4, 0.5) is 0 Å². The normalized spacial score (nSPS) is 19.3. The molecule has 2 fully saturated rings. The summed E-state index contributed by atoms with van der Waals surface area (Å²) in [6.07, 6.45) is 2.16. The molecule has 3 rings (SSSR count). The van der Waals surface area contributed by atoms with Crippen molar-refractivity contribution in [3.63, 3.8) is 0 Å². The number of hydrogen-bond donors (Lipinski definition) is 2. The summed E-state index contributed by atoms with van der Waals surface area (Å²) in [5, 5.41) is 0. The van der Waals surface area contributed by atoms with E-state index in [2.05, 4.69) is 23.8 Å². The minimum atomic E-state index is -0.564. The van der Waals surface area contributed by atoms with E-state index in [1.54, 1.807) is 11.8 Å². The number of aromatic nitrogens is 2. The molecule has 0 unspecified atom stereocenters. The highest BCUT2D eigenvalue weighted by molar-refractivity contribution is 5.80. The number of nitrogens with one attached hydrogen (secondary N) is 2. The van der Waals surface area contributed by atoms with E-state index in [1.165, 1.54) is 0 Å². The molecule has 2 aliphatic rings. The molecular formula is C19H28N4O4. The smallest absolute Gasteiger partial charge is 0.325 e. The Balaban J connectivity index is 1.61. The van der Waals surface area contributed by atoms with E-state index in [0.717, 1.165) is 25.9 Å². The summed E-state index contributed by atoms with van der Waals surface area (Å²) in [6, 6.07) is 0. The standard InChI is InChI=1S/C19H28N4O4/c1-12(2)10-23-11-19(9-16(23)25)4-6-22(7-5-19)15(24)8-14-13(3)20-18(27)21-17(14)26/h12H,4-11H2,1-3H3,(H2,20,21,26,27). The minimum absolute atomic E-state index is 0.0197. The number of aryl methyl sites for hydroxylation is 1. The summed E-state index contributed by atoms with van der Waals surface area (Å²) < 4.78 is 0. The Morgan fingerprint density at radius 2 is 1.81 bits per heavy atom. The molecule has 2 N–H and O–H groups in total. The average Bonchev–Trinajstić information content (AvgIpc) is 2.86. The molecule has 2 aliphatic heterocycles. The van der Waals surface area contributed by atoms with Crippen LogP contribution in [-0.2, 0) is 16.0 Å². The molecule has 0 aliphatic carbocycles. The zero-order valence-electron chi connectivity index (χ0n) is 16.3. The van der Waals surface area contributed by atoms with Gasteiger partial charge in [0.05, 0.1) is 6.42 Å². The quantitative estimate of drug-likeness (QED) is 0.794. The molecule has 8 heteroatoms. The number of piperidine rings is 1. The third-order valence-electron chi connectivity index (χ3n) is 5.75. The average molecular weight is 376 g/mol. The second-order valence-electron chi connectivity index (χ2n) is 8.41. The Kier molecular flexibility index (Phi) is 5.26. The first-order valence-corrected chi connectivity index (χ1v) is 9.57. The van der Waals surface area contributed by atoms with Gasteiger partial charge in [-0.3, -0.25) is 19.4 Å². The van der Waals surface area contributed by atoms with Gasteiger partial charge in [-0.05, 0) is 25.7 Å². The van der Waals surface area contributed by atoms with Gasteiger partial charge in [-0.15, -0.1) is 0 Å². The molecule has 2 saturated heterocycles. The van der Waals surface area contributed by atoms with Gasteiger partial charge >= 0.3 is 5.69 Å². The van der Waals surface area contributed by atoms with Crippen molar-refractivity contribution in [1.82, 2.24) is 19.8 Å². The molecular weight excluding hydrogens is 348 g/mol. The third-order valence-corrected chi connectivity index (χ3v) is 5.75. The Bertz CT molecular complexity index is 846. The zero-order chi connectivity index (χ0) is 19.8. The van der Waals surface area contributed by atoms with Crippen molar-refractivity contribution < 1.29 is 9.59 Å². The van der Waals surface area contributed by atoms with Crippen molar-refractivity contribution in [2.45, 2.75) is 46.5 Å². The van der Waals surface area contributed by atoms with Crippen LogP contribution in [0.25, 0.3) is 0 Å². The second kappa shape index (κ2) is 7.32. The van der Waals surface area contributed by atoms with Gasteiger partial charge in [0.15, 0.2) is 0 Å². The van der Waals surface area contributed by atoms with Crippen LogP contribution in [0.1, 0.15) is 44.4 Å². The van der Waals surface area contributed by atoms with E-state index in [9.17, 15) is 19.2 Å². The summed E-state index contributed by atoms with van der Waals surface area (Å²) in [5.74, 6) is 0.553. The van der Waals surface area contributed by atoms with Crippen LogP contribution in [-0.4, -0.2) is 57.8 Å². The maximum atomic E-state index is 12.6. The van der Waals surface area contributed by atoms with Crippen LogP contribution >= 0.6 is 0 Å². The molecule has 1 aromatic heterocycles. The number of carbonyl (C=O) groups is 2. The Hall–Kier alpha value is -2.38. The summed E-state index contributed by atoms with van der Waals surface area (Å²) in [7, 11) is 0. The molecule has 27 heavy (non-hydrogen) atoms. The number of hydrogen-bond acceptors (Lipinski definition) is 4. The second-order valence-corrected chi connectivity index (χ2v) is 8.41. The minimum Gasteiger partial charge on any atom is -0.342 e. The van der Waals surface area contributed by atoms with E-state index >= 15 is 0 Å². The number of rotatable bonds is 4. The Morgan fingerprint density at radius 1 is 1.15 bits per heavy atom. The molecule has 8 nitrogen and oxygen atoms in total. The first kappa shape index (κ1) is 19.4. The van der Waals surface area contributed by atoms with E-state index in [0.29, 0.717) is 36.7 Å². The van der Waals surface area contributed by atoms with Crippen LogP contribution in [0, 0.1) is 18.3 Å². The molecule has 1 spiro atoms. The number of H-pyrrole nitrogens is 2. The first-order valence-electron chi connectivity index (χ1n) is 9.57. The summed E-state index contributed by atoms with van der Waals surface area (Å²) in [5.41, 5.74) is -0.363. The molecule has 148 valence electrons. The van der Waals surface area contributed by atoms with Crippen molar-refractivity contribution in [2.75, 3.05) is 26.2 Å². The van der Waals surface area contributed by atoms with Crippen molar-refractivity contribution in [3.8, 4) is 0 Å². The van der Waals surface area contributed by atoms with Gasteiger partial charge in [0.25, 0.3) is 5.56 Å². The number of carbonyl (C=O) groups excluding carboxylic acids is 2. The zero-order valence-corrected chi connectivity index (χ0v) is 16.3. The molecule has 0 atom stereocenters. The lowest BCUT2D eigenvalue weighted by Gasteiger charge is -2.39. The van der Waals surface area contributed by atoms with Gasteiger partial charge in [0.2, 0.25) is 11.8 Å². The number of likely N-dealkylation sites (tertiary alicyclic amines) is 2. The van der Waals surface area contributed by atoms with Gasteiger partial charge in [-0.1, -0.05) is 13.8 Å². The fraction of sp³-hybridized carbons (Fsp3) is 0.684. The Labute approximate surface area is 157 Å². The van der Waals surface area contributed by atoms with E-state index in [1.807, 2.05) is 4.90 Å². The maximum Gasteiger partial charge on any atom is 0.325 e. The molecule has 1 aromatic rings. The van der Waals surface area contributed by atoms with Crippen LogP contribution in [0.2, 0.25) is 0 Å². The molecule has 0 saturated carbocycles. The fourth-order valence-electron chi connectivity index (χ4n) is 4.26. The largest absolute Gasteiger partial charge is 0.342 e. The number of aromatic amines is 2. The highest BCUT2D eigenvalue weighted by Crippen LogP contribution is 2.41. The van der Waals surface area contributed by atoms with Crippen LogP contribution in [0.5, 0.6) is 0 Å². The summed E-state index contributed by atoms with van der Waals surface area (Å²) in [6.45, 7) is 8.62. The molecule has 3 heterocycles. The molecule has 2 amide bonds. The van der Waals surface area contributed by atoms with Crippen molar-refractivity contribution >= 4 is 11.8 Å². The third kappa shape index (κ3) is 4.14. The summed E-state index contributed by atoms with van der Waals surface area (Å²) in [4.78, 5) is 56.6. The molecule has 0 aromatic carbocycles. The highest BCUT2D eigenvalue weighted by Gasteiger charge is 2.45. The monoisotopic (exact) mass is 376 g/mol. The fourth-order valence-corrected chi connectivity index (χ4v) is 4.26. The van der Waals surface area contributed by atoms with Crippen LogP contribution in [0.3, 0.4) is 0 Å². The predicted molar refractivity (Wildman–Crippen MR) is 100 cm³/mol. The van der Waals surface area contributed by atoms with Gasteiger partial charge in [0.1, 0.15) is 0 Å². The van der Waals surface area contributed by atoms with E-state index in [4.69, 9.17) is 0 Å². The van der Waals surface area contributed by atoms with Gasteiger partial charge < -0.3 is 14.8 Å². The SMILES string of the molecule is Cc1[nH]c(=O)[nH]c(=O)c1CC(=O)N1CCC2(CC1)CC(=O)N(CC(C)C)C2. The lowest BCUT2D eigenvalue weighted by molar-refractivity contribution is -0.132. The van der Waals surface area contributed by atoms with Crippen molar-refractivity contribution in [1.29, 1.82) is 0 Å². The number of nitrogens with zero attached hydrogens (tertiary/aromatic N) is 2. The predicted octanol–water partition coefficient (Wildman–Crippen LogP) is 0.411. The topological polar surface area (TPSA) is 106 Å². The highest BCUT2D eigenvalue weighted by atomic mass is 16.2. The number of amides is 2. The van der Waals surface area contributed by atoms with E-state index in [-0.39, 0.29) is 23.7 Å². The lowest BCUT2D eigenvalue weighted by Crippen LogP contribution is -2.45. The lowest BCUT2D eigenvalue weighted by atomic mass is 9.77. The van der Waals surface area contributed by atoms with Crippen molar-refractivity contribution in [2.24, 2.45) is 11.3 Å². The van der Waals surface area contributed by atoms with Crippen molar-refractivity contribution in [3.05, 3.63) is 32.1 Å². The van der Waals surface area contributed by atoms with Gasteiger partial charge in [-0.2, -0.15) is 0 Å². The van der Waals surface area contributed by atoms with Crippen LogP contribution < -0.4 is 11.2 Å². The maximum absolute atomic E-state index is 12.6.